The third-order valence-electron chi connectivity index (χ3n) is 2.77. The Bertz CT molecular complexity index is 603. The third kappa shape index (κ3) is 5.62. The summed E-state index contributed by atoms with van der Waals surface area (Å²) >= 11 is 0. The van der Waals surface area contributed by atoms with E-state index in [0.29, 0.717) is 12.1 Å². The van der Waals surface area contributed by atoms with Crippen molar-refractivity contribution < 1.29 is 22.7 Å². The molecule has 1 rings (SSSR count). The maximum Gasteiger partial charge on any atom is 0.261 e. The Morgan fingerprint density at radius 1 is 1.33 bits per heavy atom. The number of methoxy groups -OCH3 is 2. The van der Waals surface area contributed by atoms with E-state index in [1.165, 1.54) is 26.4 Å². The van der Waals surface area contributed by atoms with Gasteiger partial charge in [-0.3, -0.25) is 4.79 Å². The molecule has 0 heterocycles. The number of hydrogen-bond acceptors (Lipinski definition) is 5. The van der Waals surface area contributed by atoms with E-state index in [1.54, 1.807) is 13.0 Å². The summed E-state index contributed by atoms with van der Waals surface area (Å²) in [6.45, 7) is 2.29. The lowest BCUT2D eigenvalue weighted by atomic mass is 10.1. The minimum absolute atomic E-state index is 0.136. The first kappa shape index (κ1) is 17.9. The van der Waals surface area contributed by atoms with Gasteiger partial charge in [-0.15, -0.1) is 0 Å². The molecule has 8 heteroatoms. The average Bonchev–Trinajstić information content (AvgIpc) is 2.43. The molecule has 1 atom stereocenters. The van der Waals surface area contributed by atoms with Crippen LogP contribution in [0.4, 0.5) is 0 Å². The average molecular weight is 336 g/mol. The first-order valence-electron chi connectivity index (χ1n) is 6.16. The van der Waals surface area contributed by atoms with Crippen LogP contribution in [0.15, 0.2) is 23.1 Å². The van der Waals surface area contributed by atoms with E-state index in [2.05, 4.69) is 5.32 Å². The lowest BCUT2D eigenvalue weighted by molar-refractivity contribution is 0.0870. The van der Waals surface area contributed by atoms with Gasteiger partial charge >= 0.3 is 0 Å². The summed E-state index contributed by atoms with van der Waals surface area (Å²) in [7, 11) is 4.42. The smallest absolute Gasteiger partial charge is 0.261 e. The zero-order valence-electron chi connectivity index (χ0n) is 12.1. The minimum Gasteiger partial charge on any atom is -0.380 e. The second-order valence-corrected chi connectivity index (χ2v) is 7.06. The zero-order valence-corrected chi connectivity index (χ0v) is 13.6. The Morgan fingerprint density at radius 2 is 2.00 bits per heavy atom. The van der Waals surface area contributed by atoms with Crippen LogP contribution in [0.25, 0.3) is 0 Å². The van der Waals surface area contributed by atoms with Crippen LogP contribution in [-0.2, 0) is 25.1 Å². The molecule has 1 aromatic carbocycles. The van der Waals surface area contributed by atoms with Crippen molar-refractivity contribution in [3.05, 3.63) is 29.3 Å². The molecule has 0 saturated heterocycles. The number of hydrogen-bond donors (Lipinski definition) is 1. The van der Waals surface area contributed by atoms with Crippen molar-refractivity contribution in [2.75, 3.05) is 20.8 Å². The number of carbonyl (C=O) groups is 1. The fraction of sp³-hybridized carbons (Fsp3) is 0.462. The van der Waals surface area contributed by atoms with Gasteiger partial charge in [0.25, 0.3) is 15.0 Å². The lowest BCUT2D eigenvalue weighted by Gasteiger charge is -2.12. The molecule has 1 unspecified atom stereocenters. The highest BCUT2D eigenvalue weighted by Gasteiger charge is 2.16. The number of amides is 1. The number of benzene rings is 1. The fourth-order valence-corrected chi connectivity index (χ4v) is 2.43. The maximum atomic E-state index is 12.1. The molecule has 0 aliphatic heterocycles. The first-order chi connectivity index (χ1) is 9.77. The van der Waals surface area contributed by atoms with Crippen LogP contribution in [0.3, 0.4) is 0 Å². The Balaban J connectivity index is 3.05. The molecule has 1 N–H and O–H groups in total. The van der Waals surface area contributed by atoms with Crippen LogP contribution in [0.5, 0.6) is 0 Å². The van der Waals surface area contributed by atoms with E-state index < -0.39 is 15.0 Å². The first-order valence-corrected chi connectivity index (χ1v) is 8.47. The van der Waals surface area contributed by atoms with Gasteiger partial charge in [0.2, 0.25) is 0 Å². The van der Waals surface area contributed by atoms with Gasteiger partial charge in [-0.2, -0.15) is 0 Å². The molecular formula is C13H18ClNO5S. The van der Waals surface area contributed by atoms with Crippen molar-refractivity contribution in [1.82, 2.24) is 5.32 Å². The molecular weight excluding hydrogens is 318 g/mol. The van der Waals surface area contributed by atoms with Crippen molar-refractivity contribution in [2.45, 2.75) is 24.5 Å². The molecule has 0 bridgehead atoms. The highest BCUT2D eigenvalue weighted by molar-refractivity contribution is 8.13. The normalized spacial score (nSPS) is 13.0. The van der Waals surface area contributed by atoms with E-state index >= 15 is 0 Å². The number of halogens is 1. The van der Waals surface area contributed by atoms with Gasteiger partial charge in [-0.1, -0.05) is 0 Å². The van der Waals surface area contributed by atoms with Crippen LogP contribution in [0.2, 0.25) is 0 Å². The number of ether oxygens (including phenoxy) is 2. The molecule has 0 aromatic heterocycles. The summed E-state index contributed by atoms with van der Waals surface area (Å²) in [5.41, 5.74) is 0.747. The Kier molecular flexibility index (Phi) is 6.60. The van der Waals surface area contributed by atoms with Gasteiger partial charge in [0.15, 0.2) is 0 Å². The van der Waals surface area contributed by atoms with Crippen molar-refractivity contribution >= 4 is 25.6 Å². The summed E-state index contributed by atoms with van der Waals surface area (Å²) in [5, 5.41) is 2.65. The fourth-order valence-electron chi connectivity index (χ4n) is 1.60. The van der Waals surface area contributed by atoms with Crippen LogP contribution in [-0.4, -0.2) is 41.2 Å². The van der Waals surface area contributed by atoms with Gasteiger partial charge in [-0.25, -0.2) is 8.42 Å². The summed E-state index contributed by atoms with van der Waals surface area (Å²) in [6, 6.07) is 4.16. The van der Waals surface area contributed by atoms with Crippen LogP contribution in [0.1, 0.15) is 22.8 Å². The Labute approximate surface area is 128 Å². The number of nitrogens with one attached hydrogen (secondary N) is 1. The molecule has 0 spiro atoms. The van der Waals surface area contributed by atoms with Gasteiger partial charge in [-0.05, 0) is 30.7 Å². The van der Waals surface area contributed by atoms with E-state index in [0.717, 1.165) is 0 Å². The molecule has 1 aromatic rings. The topological polar surface area (TPSA) is 81.7 Å². The van der Waals surface area contributed by atoms with Crippen molar-refractivity contribution in [1.29, 1.82) is 0 Å². The van der Waals surface area contributed by atoms with Gasteiger partial charge in [0.1, 0.15) is 0 Å². The standard InChI is InChI=1S/C13H18ClNO5S/c1-9(20-3)7-15-13(16)11-4-10(8-19-2)5-12(6-11)21(14,17)18/h4-6,9H,7-8H2,1-3H3,(H,15,16). The Hall–Kier alpha value is -1.15. The van der Waals surface area contributed by atoms with E-state index in [-0.39, 0.29) is 23.2 Å². The quantitative estimate of drug-likeness (QED) is 0.764. The van der Waals surface area contributed by atoms with Gasteiger partial charge < -0.3 is 14.8 Å². The van der Waals surface area contributed by atoms with Gasteiger partial charge in [0.05, 0.1) is 17.6 Å². The lowest BCUT2D eigenvalue weighted by Crippen LogP contribution is -2.31. The minimum atomic E-state index is -3.92. The summed E-state index contributed by atoms with van der Waals surface area (Å²) in [4.78, 5) is 11.9. The molecule has 0 radical (unpaired) electrons. The highest BCUT2D eigenvalue weighted by atomic mass is 35.7. The van der Waals surface area contributed by atoms with E-state index in [1.807, 2.05) is 0 Å². The SMILES string of the molecule is COCc1cc(C(=O)NCC(C)OC)cc(S(=O)(=O)Cl)c1. The van der Waals surface area contributed by atoms with Crippen molar-refractivity contribution in [3.63, 3.8) is 0 Å². The third-order valence-corrected chi connectivity index (χ3v) is 4.11. The second-order valence-electron chi connectivity index (χ2n) is 4.49. The number of rotatable bonds is 7. The molecule has 118 valence electrons. The van der Waals surface area contributed by atoms with Gasteiger partial charge in [0, 0.05) is 37.0 Å². The predicted octanol–water partition coefficient (Wildman–Crippen LogP) is 1.53. The van der Waals surface area contributed by atoms with Crippen molar-refractivity contribution in [2.24, 2.45) is 0 Å². The molecule has 21 heavy (non-hydrogen) atoms. The van der Waals surface area contributed by atoms with E-state index in [9.17, 15) is 13.2 Å². The highest BCUT2D eigenvalue weighted by Crippen LogP contribution is 2.19. The van der Waals surface area contributed by atoms with Crippen LogP contribution < -0.4 is 5.32 Å². The second kappa shape index (κ2) is 7.74. The summed E-state index contributed by atoms with van der Waals surface area (Å²) < 4.78 is 32.9. The largest absolute Gasteiger partial charge is 0.380 e. The zero-order chi connectivity index (χ0) is 16.0. The summed E-state index contributed by atoms with van der Waals surface area (Å²) in [6.07, 6.45) is -0.146. The molecule has 1 amide bonds. The Morgan fingerprint density at radius 3 is 2.52 bits per heavy atom. The van der Waals surface area contributed by atoms with E-state index in [4.69, 9.17) is 20.2 Å². The molecule has 0 fully saturated rings. The molecule has 6 nitrogen and oxygen atoms in total. The van der Waals surface area contributed by atoms with Crippen LogP contribution in [0, 0.1) is 0 Å². The summed E-state index contributed by atoms with van der Waals surface area (Å²) in [5.74, 6) is -0.404. The maximum absolute atomic E-state index is 12.1. The van der Waals surface area contributed by atoms with Crippen LogP contribution >= 0.6 is 10.7 Å². The number of carbonyl (C=O) groups excluding carboxylic acids is 1. The van der Waals surface area contributed by atoms with Crippen molar-refractivity contribution in [3.8, 4) is 0 Å². The molecule has 0 saturated carbocycles. The molecule has 0 aliphatic carbocycles. The molecule has 0 aliphatic rings. The monoisotopic (exact) mass is 335 g/mol. The predicted molar refractivity (Wildman–Crippen MR) is 79.0 cm³/mol.